The molecule has 0 unspecified atom stereocenters. The molecule has 2 aromatic rings. The maximum absolute atomic E-state index is 11.7. The summed E-state index contributed by atoms with van der Waals surface area (Å²) in [4.78, 5) is 37.4. The molecule has 39 heavy (non-hydrogen) atoms. The van der Waals surface area contributed by atoms with Crippen molar-refractivity contribution in [3.8, 4) is 11.5 Å². The lowest BCUT2D eigenvalue weighted by molar-refractivity contribution is 0.0485. The molecule has 2 aromatic carbocycles. The van der Waals surface area contributed by atoms with Crippen LogP contribution in [0.25, 0.3) is 4.85 Å². The summed E-state index contributed by atoms with van der Waals surface area (Å²) in [6.07, 6.45) is -0.185. The van der Waals surface area contributed by atoms with Crippen molar-refractivity contribution in [2.24, 2.45) is 0 Å². The van der Waals surface area contributed by atoms with Gasteiger partial charge in [0.15, 0.2) is 5.69 Å². The number of carbonyl (C=O) groups is 3. The monoisotopic (exact) mass is 539 g/mol. The molecule has 0 aromatic heterocycles. The molecule has 10 nitrogen and oxygen atoms in total. The number of rotatable bonds is 3. The van der Waals surface area contributed by atoms with Crippen LogP contribution >= 0.6 is 0 Å². The van der Waals surface area contributed by atoms with E-state index in [2.05, 4.69) is 15.5 Å². The number of aldehydes is 1. The first kappa shape index (κ1) is 31.0. The van der Waals surface area contributed by atoms with Gasteiger partial charge in [-0.25, -0.2) is 14.4 Å². The van der Waals surface area contributed by atoms with Gasteiger partial charge in [-0.2, -0.15) is 0 Å². The summed E-state index contributed by atoms with van der Waals surface area (Å²) in [5.41, 5.74) is 1.75. The van der Waals surface area contributed by atoms with Crippen molar-refractivity contribution < 1.29 is 33.3 Å². The van der Waals surface area contributed by atoms with E-state index in [1.165, 1.54) is 0 Å². The summed E-state index contributed by atoms with van der Waals surface area (Å²) in [6, 6.07) is 9.87. The van der Waals surface area contributed by atoms with Crippen LogP contribution in [0, 0.1) is 6.57 Å². The Kier molecular flexibility index (Phi) is 9.94. The lowest BCUT2D eigenvalue weighted by atomic mass is 10.1. The van der Waals surface area contributed by atoms with Crippen LogP contribution in [-0.4, -0.2) is 42.9 Å². The number of amides is 2. The second-order valence-electron chi connectivity index (χ2n) is 10.8. The first-order valence-corrected chi connectivity index (χ1v) is 12.1. The van der Waals surface area contributed by atoms with Crippen LogP contribution in [0.5, 0.6) is 11.5 Å². The topological polar surface area (TPSA) is 117 Å². The Balaban J connectivity index is 0.000000267. The molecule has 2 aliphatic heterocycles. The highest BCUT2D eigenvalue weighted by Gasteiger charge is 2.29. The van der Waals surface area contributed by atoms with E-state index < -0.39 is 23.4 Å². The molecule has 2 atom stereocenters. The van der Waals surface area contributed by atoms with E-state index in [0.717, 1.165) is 17.4 Å². The van der Waals surface area contributed by atoms with Crippen molar-refractivity contribution in [2.75, 3.05) is 13.2 Å². The molecule has 0 fully saturated rings. The highest BCUT2D eigenvalue weighted by Crippen LogP contribution is 2.35. The lowest BCUT2D eigenvalue weighted by Gasteiger charge is -2.21. The highest BCUT2D eigenvalue weighted by atomic mass is 16.6. The number of nitrogens with zero attached hydrogens (tertiary/aromatic N) is 1. The summed E-state index contributed by atoms with van der Waals surface area (Å²) in [7, 11) is 0. The molecular formula is C29H37N3O7. The smallest absolute Gasteiger partial charge is 0.408 e. The molecule has 210 valence electrons. The highest BCUT2D eigenvalue weighted by molar-refractivity contribution is 5.76. The minimum atomic E-state index is -0.534. The quantitative estimate of drug-likeness (QED) is 0.348. The summed E-state index contributed by atoms with van der Waals surface area (Å²) >= 11 is 0. The first-order chi connectivity index (χ1) is 17.8. The van der Waals surface area contributed by atoms with Gasteiger partial charge in [0.1, 0.15) is 42.2 Å². The van der Waals surface area contributed by atoms with E-state index in [4.69, 9.17) is 25.5 Å². The molecule has 10 heteroatoms. The summed E-state index contributed by atoms with van der Waals surface area (Å²) in [5.74, 6) is 1.28. The van der Waals surface area contributed by atoms with Gasteiger partial charge < -0.3 is 29.6 Å². The SMILES string of the molecule is C.CC(C)(C)OC(=O)N[C@@H]1COc2cc(C=O)ccc21.[C-]#[N+]c1ccc2c(c1)OC[C@H]2NC(=O)OC(C)(C)C. The van der Waals surface area contributed by atoms with Crippen molar-refractivity contribution in [3.05, 3.63) is 64.5 Å². The Morgan fingerprint density at radius 3 is 1.77 bits per heavy atom. The maximum atomic E-state index is 11.7. The lowest BCUT2D eigenvalue weighted by Crippen LogP contribution is -2.35. The molecule has 0 saturated carbocycles. The van der Waals surface area contributed by atoms with E-state index >= 15 is 0 Å². The van der Waals surface area contributed by atoms with Crippen LogP contribution in [0.3, 0.4) is 0 Å². The third-order valence-electron chi connectivity index (χ3n) is 5.24. The van der Waals surface area contributed by atoms with Gasteiger partial charge in [-0.05, 0) is 53.7 Å². The molecule has 0 saturated heterocycles. The predicted octanol–water partition coefficient (Wildman–Crippen LogP) is 6.29. The van der Waals surface area contributed by atoms with Crippen LogP contribution in [-0.2, 0) is 9.47 Å². The van der Waals surface area contributed by atoms with Crippen molar-refractivity contribution in [3.63, 3.8) is 0 Å². The zero-order valence-corrected chi connectivity index (χ0v) is 22.4. The second kappa shape index (κ2) is 12.5. The van der Waals surface area contributed by atoms with E-state index in [1.54, 1.807) is 36.4 Å². The van der Waals surface area contributed by atoms with Crippen molar-refractivity contribution in [2.45, 2.75) is 72.3 Å². The normalized spacial score (nSPS) is 16.7. The predicted molar refractivity (Wildman–Crippen MR) is 146 cm³/mol. The molecule has 2 N–H and O–H groups in total. The van der Waals surface area contributed by atoms with E-state index in [1.807, 2.05) is 41.5 Å². The fraction of sp³-hybridized carbons (Fsp3) is 0.448. The summed E-state index contributed by atoms with van der Waals surface area (Å²) < 4.78 is 21.3. The zero-order chi connectivity index (χ0) is 28.1. The molecule has 0 radical (unpaired) electrons. The van der Waals surface area contributed by atoms with Gasteiger partial charge in [-0.3, -0.25) is 4.79 Å². The number of nitrogens with one attached hydrogen (secondary N) is 2. The van der Waals surface area contributed by atoms with Gasteiger partial charge >= 0.3 is 12.2 Å². The fourth-order valence-corrected chi connectivity index (χ4v) is 3.71. The van der Waals surface area contributed by atoms with Gasteiger partial charge in [-0.15, -0.1) is 0 Å². The number of carbonyl (C=O) groups excluding carboxylic acids is 3. The van der Waals surface area contributed by atoms with Crippen LogP contribution in [0.2, 0.25) is 0 Å². The Hall–Kier alpha value is -4.26. The second-order valence-corrected chi connectivity index (χ2v) is 10.8. The zero-order valence-electron chi connectivity index (χ0n) is 22.4. The first-order valence-electron chi connectivity index (χ1n) is 12.1. The number of ether oxygens (including phenoxy) is 4. The van der Waals surface area contributed by atoms with Crippen LogP contribution < -0.4 is 20.1 Å². The van der Waals surface area contributed by atoms with E-state index in [9.17, 15) is 14.4 Å². The minimum absolute atomic E-state index is 0. The third kappa shape index (κ3) is 8.92. The average Bonchev–Trinajstić information content (AvgIpc) is 3.40. The number of fused-ring (bicyclic) bond motifs is 2. The van der Waals surface area contributed by atoms with Crippen LogP contribution in [0.4, 0.5) is 15.3 Å². The van der Waals surface area contributed by atoms with E-state index in [0.29, 0.717) is 36.0 Å². The maximum Gasteiger partial charge on any atom is 0.408 e. The van der Waals surface area contributed by atoms with Gasteiger partial charge in [0.25, 0.3) is 0 Å². The Bertz CT molecular complexity index is 1240. The van der Waals surface area contributed by atoms with Gasteiger partial charge in [0.05, 0.1) is 18.7 Å². The van der Waals surface area contributed by atoms with Gasteiger partial charge in [0, 0.05) is 16.7 Å². The fourth-order valence-electron chi connectivity index (χ4n) is 3.71. The molecular weight excluding hydrogens is 502 g/mol. The van der Waals surface area contributed by atoms with E-state index in [-0.39, 0.29) is 19.5 Å². The molecule has 2 amide bonds. The Morgan fingerprint density at radius 1 is 0.872 bits per heavy atom. The number of benzene rings is 2. The van der Waals surface area contributed by atoms with Crippen LogP contribution in [0.15, 0.2) is 36.4 Å². The largest absolute Gasteiger partial charge is 0.492 e. The average molecular weight is 540 g/mol. The van der Waals surface area contributed by atoms with Crippen molar-refractivity contribution >= 4 is 24.2 Å². The molecule has 4 rings (SSSR count). The number of hydrogen-bond acceptors (Lipinski definition) is 7. The molecule has 0 spiro atoms. The standard InChI is InChI=1S/C14H16N2O3.C14H17NO4.CH4/c1-14(2,3)19-13(17)16-11-8-18-12-7-9(15-4)5-6-10(11)12;1-14(2,3)19-13(17)15-11-8-18-12-6-9(7-16)4-5-10(11)12;/h5-7,11H,8H2,1-3H3,(H,16,17);4-7,11H,8H2,1-3H3,(H,15,17);1H4/t2*11-;/m11./s1. The van der Waals surface area contributed by atoms with Crippen molar-refractivity contribution in [1.82, 2.24) is 10.6 Å². The number of hydrogen-bond donors (Lipinski definition) is 2. The van der Waals surface area contributed by atoms with Gasteiger partial charge in [0.2, 0.25) is 0 Å². The third-order valence-corrected chi connectivity index (χ3v) is 5.24. The molecule has 2 aliphatic rings. The summed E-state index contributed by atoms with van der Waals surface area (Å²) in [6.45, 7) is 18.5. The molecule has 0 aliphatic carbocycles. The molecule has 0 bridgehead atoms. The van der Waals surface area contributed by atoms with Gasteiger partial charge in [-0.1, -0.05) is 31.7 Å². The minimum Gasteiger partial charge on any atom is -0.492 e. The molecule has 2 heterocycles. The summed E-state index contributed by atoms with van der Waals surface area (Å²) in [5, 5.41) is 5.52. The number of alkyl carbamates (subject to hydrolysis) is 2. The Labute approximate surface area is 229 Å². The van der Waals surface area contributed by atoms with Crippen LogP contribution in [0.1, 0.15) is 82.5 Å². The Morgan fingerprint density at radius 2 is 1.33 bits per heavy atom. The van der Waals surface area contributed by atoms with Crippen molar-refractivity contribution in [1.29, 1.82) is 0 Å².